The summed E-state index contributed by atoms with van der Waals surface area (Å²) in [5.74, 6) is 1.70. The molecule has 8 nitrogen and oxygen atoms in total. The largest absolute Gasteiger partial charge is 0.378 e. The van der Waals surface area contributed by atoms with E-state index in [9.17, 15) is 9.59 Å². The third kappa shape index (κ3) is 3.91. The number of benzene rings is 1. The summed E-state index contributed by atoms with van der Waals surface area (Å²) < 4.78 is 5.29. The average molecular weight is 383 g/mol. The monoisotopic (exact) mass is 383 g/mol. The van der Waals surface area contributed by atoms with Crippen LogP contribution in [0.2, 0.25) is 0 Å². The van der Waals surface area contributed by atoms with Crippen LogP contribution in [-0.4, -0.2) is 76.2 Å². The van der Waals surface area contributed by atoms with E-state index in [0.717, 1.165) is 31.0 Å². The van der Waals surface area contributed by atoms with E-state index in [-0.39, 0.29) is 17.7 Å². The fourth-order valence-electron chi connectivity index (χ4n) is 3.80. The van der Waals surface area contributed by atoms with Gasteiger partial charge in [0.05, 0.1) is 13.2 Å². The molecule has 2 fully saturated rings. The molecule has 8 heteroatoms. The minimum Gasteiger partial charge on any atom is -0.378 e. The van der Waals surface area contributed by atoms with E-state index < -0.39 is 0 Å². The van der Waals surface area contributed by atoms with Crippen molar-refractivity contribution in [1.82, 2.24) is 25.0 Å². The molecule has 2 aromatic rings. The van der Waals surface area contributed by atoms with Gasteiger partial charge < -0.3 is 14.5 Å². The Morgan fingerprint density at radius 1 is 1.04 bits per heavy atom. The van der Waals surface area contributed by atoms with Crippen LogP contribution in [0.25, 0.3) is 0 Å². The van der Waals surface area contributed by atoms with Crippen molar-refractivity contribution in [3.63, 3.8) is 0 Å². The van der Waals surface area contributed by atoms with Crippen molar-refractivity contribution in [3.8, 4) is 0 Å². The Morgan fingerprint density at radius 3 is 2.29 bits per heavy atom. The second-order valence-electron chi connectivity index (χ2n) is 7.35. The number of morpholine rings is 1. The first-order valence-electron chi connectivity index (χ1n) is 9.77. The maximum atomic E-state index is 12.9. The minimum absolute atomic E-state index is 0.0117. The molecule has 0 radical (unpaired) electrons. The van der Waals surface area contributed by atoms with Crippen LogP contribution in [0.15, 0.2) is 24.3 Å². The van der Waals surface area contributed by atoms with Crippen molar-refractivity contribution in [2.75, 3.05) is 39.4 Å². The second-order valence-corrected chi connectivity index (χ2v) is 7.35. The molecule has 2 amide bonds. The molecule has 2 saturated heterocycles. The summed E-state index contributed by atoms with van der Waals surface area (Å²) in [7, 11) is 0. The van der Waals surface area contributed by atoms with Crippen LogP contribution in [0.4, 0.5) is 0 Å². The number of rotatable bonds is 3. The third-order valence-corrected chi connectivity index (χ3v) is 5.37. The van der Waals surface area contributed by atoms with Crippen molar-refractivity contribution in [2.24, 2.45) is 0 Å². The van der Waals surface area contributed by atoms with E-state index in [2.05, 4.69) is 15.2 Å². The van der Waals surface area contributed by atoms with Gasteiger partial charge in [0, 0.05) is 43.2 Å². The number of piperidine rings is 1. The van der Waals surface area contributed by atoms with Gasteiger partial charge in [-0.15, -0.1) is 0 Å². The molecule has 1 N–H and O–H groups in total. The smallest absolute Gasteiger partial charge is 0.254 e. The number of nitrogens with one attached hydrogen (secondary N) is 1. The fraction of sp³-hybridized carbons (Fsp3) is 0.500. The van der Waals surface area contributed by atoms with E-state index in [1.165, 1.54) is 0 Å². The second kappa shape index (κ2) is 8.10. The molecule has 1 aromatic carbocycles. The number of aromatic amines is 1. The molecule has 4 rings (SSSR count). The van der Waals surface area contributed by atoms with Gasteiger partial charge in [-0.05, 0) is 44.0 Å². The van der Waals surface area contributed by atoms with Crippen LogP contribution in [0.5, 0.6) is 0 Å². The number of ether oxygens (including phenoxy) is 1. The lowest BCUT2D eigenvalue weighted by atomic mass is 9.96. The van der Waals surface area contributed by atoms with E-state index in [4.69, 9.17) is 4.74 Å². The Hall–Kier alpha value is -2.74. The molecular weight excluding hydrogens is 358 g/mol. The summed E-state index contributed by atoms with van der Waals surface area (Å²) in [6.45, 7) is 5.58. The zero-order valence-corrected chi connectivity index (χ0v) is 16.1. The van der Waals surface area contributed by atoms with Gasteiger partial charge in [0.1, 0.15) is 5.82 Å². The first-order valence-corrected chi connectivity index (χ1v) is 9.77. The number of amides is 2. The molecule has 2 aliphatic heterocycles. The molecule has 0 spiro atoms. The Bertz CT molecular complexity index is 842. The lowest BCUT2D eigenvalue weighted by Crippen LogP contribution is -2.41. The van der Waals surface area contributed by atoms with Crippen molar-refractivity contribution in [3.05, 3.63) is 47.0 Å². The van der Waals surface area contributed by atoms with E-state index in [0.29, 0.717) is 44.0 Å². The maximum Gasteiger partial charge on any atom is 0.254 e. The van der Waals surface area contributed by atoms with Gasteiger partial charge in [-0.2, -0.15) is 5.10 Å². The van der Waals surface area contributed by atoms with Crippen molar-refractivity contribution in [1.29, 1.82) is 0 Å². The highest BCUT2D eigenvalue weighted by Gasteiger charge is 2.28. The Kier molecular flexibility index (Phi) is 5.38. The zero-order valence-electron chi connectivity index (χ0n) is 16.1. The standard InChI is InChI=1S/C20H25N5O3/c1-14-21-18(23-22-14)17-3-2-8-25(13-17)20(27)16-6-4-15(5-7-16)19(26)24-9-11-28-12-10-24/h4-7,17H,2-3,8-13H2,1H3,(H,21,22,23). The van der Waals surface area contributed by atoms with Crippen molar-refractivity contribution < 1.29 is 14.3 Å². The van der Waals surface area contributed by atoms with E-state index >= 15 is 0 Å². The first kappa shape index (κ1) is 18.6. The quantitative estimate of drug-likeness (QED) is 0.869. The lowest BCUT2D eigenvalue weighted by Gasteiger charge is -2.31. The Balaban J connectivity index is 1.42. The van der Waals surface area contributed by atoms with Gasteiger partial charge in [-0.25, -0.2) is 4.98 Å². The van der Waals surface area contributed by atoms with Gasteiger partial charge in [0.2, 0.25) is 0 Å². The van der Waals surface area contributed by atoms with Crippen LogP contribution in [-0.2, 0) is 4.74 Å². The summed E-state index contributed by atoms with van der Waals surface area (Å²) in [6, 6.07) is 6.98. The van der Waals surface area contributed by atoms with Crippen LogP contribution in [0.1, 0.15) is 51.1 Å². The number of H-pyrrole nitrogens is 1. The molecular formula is C20H25N5O3. The highest BCUT2D eigenvalue weighted by Crippen LogP contribution is 2.25. The number of carbonyl (C=O) groups is 2. The molecule has 0 aliphatic carbocycles. The zero-order chi connectivity index (χ0) is 19.5. The van der Waals surface area contributed by atoms with Crippen molar-refractivity contribution >= 4 is 11.8 Å². The number of carbonyl (C=O) groups excluding carboxylic acids is 2. The minimum atomic E-state index is -0.0136. The molecule has 0 bridgehead atoms. The van der Waals surface area contributed by atoms with E-state index in [1.54, 1.807) is 29.2 Å². The summed E-state index contributed by atoms with van der Waals surface area (Å²) >= 11 is 0. The van der Waals surface area contributed by atoms with Crippen LogP contribution in [0, 0.1) is 6.92 Å². The van der Waals surface area contributed by atoms with Gasteiger partial charge in [0.15, 0.2) is 5.82 Å². The molecule has 148 valence electrons. The normalized spacial score (nSPS) is 20.2. The predicted octanol–water partition coefficient (Wildman–Crippen LogP) is 1.61. The molecule has 3 heterocycles. The number of likely N-dealkylation sites (tertiary alicyclic amines) is 1. The number of nitrogens with zero attached hydrogens (tertiary/aromatic N) is 4. The predicted molar refractivity (Wildman–Crippen MR) is 102 cm³/mol. The molecule has 28 heavy (non-hydrogen) atoms. The Morgan fingerprint density at radius 2 is 1.68 bits per heavy atom. The summed E-state index contributed by atoms with van der Waals surface area (Å²) in [5.41, 5.74) is 1.21. The number of hydrogen-bond donors (Lipinski definition) is 1. The van der Waals surface area contributed by atoms with Gasteiger partial charge in [-0.3, -0.25) is 14.7 Å². The van der Waals surface area contributed by atoms with Crippen molar-refractivity contribution in [2.45, 2.75) is 25.7 Å². The van der Waals surface area contributed by atoms with E-state index in [1.807, 2.05) is 11.8 Å². The first-order chi connectivity index (χ1) is 13.6. The number of aryl methyl sites for hydroxylation is 1. The highest BCUT2D eigenvalue weighted by molar-refractivity contribution is 5.98. The lowest BCUT2D eigenvalue weighted by molar-refractivity contribution is 0.0303. The SMILES string of the molecule is Cc1nc(C2CCCN(C(=O)c3ccc(C(=O)N4CCOCC4)cc3)C2)n[nH]1. The molecule has 1 aromatic heterocycles. The molecule has 1 unspecified atom stereocenters. The Labute approximate surface area is 163 Å². The van der Waals surface area contributed by atoms with Crippen LogP contribution < -0.4 is 0 Å². The average Bonchev–Trinajstić information content (AvgIpc) is 3.20. The highest BCUT2D eigenvalue weighted by atomic mass is 16.5. The third-order valence-electron chi connectivity index (χ3n) is 5.37. The summed E-state index contributed by atoms with van der Waals surface area (Å²) in [5, 5.41) is 7.13. The summed E-state index contributed by atoms with van der Waals surface area (Å²) in [6.07, 6.45) is 1.91. The summed E-state index contributed by atoms with van der Waals surface area (Å²) in [4.78, 5) is 33.5. The van der Waals surface area contributed by atoms with Crippen LogP contribution in [0.3, 0.4) is 0 Å². The van der Waals surface area contributed by atoms with Gasteiger partial charge in [-0.1, -0.05) is 0 Å². The molecule has 0 saturated carbocycles. The maximum absolute atomic E-state index is 12.9. The van der Waals surface area contributed by atoms with Gasteiger partial charge >= 0.3 is 0 Å². The topological polar surface area (TPSA) is 91.4 Å². The molecule has 2 aliphatic rings. The van der Waals surface area contributed by atoms with Gasteiger partial charge in [0.25, 0.3) is 11.8 Å². The fourth-order valence-corrected chi connectivity index (χ4v) is 3.80. The number of hydrogen-bond acceptors (Lipinski definition) is 5. The number of aromatic nitrogens is 3. The van der Waals surface area contributed by atoms with Crippen LogP contribution >= 0.6 is 0 Å². The molecule has 1 atom stereocenters.